The second kappa shape index (κ2) is 3.41. The molecule has 0 amide bonds. The number of fused-ring (bicyclic) bond motifs is 1. The molecule has 1 aromatic carbocycles. The number of carbonyl (C=O) groups excluding carboxylic acids is 1. The van der Waals surface area contributed by atoms with Gasteiger partial charge in [-0.05, 0) is 55.0 Å². The van der Waals surface area contributed by atoms with Crippen molar-refractivity contribution in [2.24, 2.45) is 0 Å². The molecule has 1 aromatic heterocycles. The smallest absolute Gasteiger partial charge is 0.150 e. The lowest BCUT2D eigenvalue weighted by Gasteiger charge is -2.07. The van der Waals surface area contributed by atoms with E-state index in [9.17, 15) is 4.79 Å². The minimum Gasteiger partial charge on any atom is -0.298 e. The van der Waals surface area contributed by atoms with Gasteiger partial charge in [0.15, 0.2) is 0 Å². The maximum Gasteiger partial charge on any atom is 0.150 e. The van der Waals surface area contributed by atoms with E-state index in [1.54, 1.807) is 0 Å². The van der Waals surface area contributed by atoms with Gasteiger partial charge < -0.3 is 0 Å². The fourth-order valence-electron chi connectivity index (χ4n) is 2.21. The Morgan fingerprint density at radius 3 is 2.88 bits per heavy atom. The van der Waals surface area contributed by atoms with Crippen molar-refractivity contribution < 1.29 is 4.79 Å². The van der Waals surface area contributed by atoms with Crippen molar-refractivity contribution in [2.45, 2.75) is 25.7 Å². The monoisotopic (exact) mass is 211 g/mol. The van der Waals surface area contributed by atoms with Gasteiger partial charge >= 0.3 is 0 Å². The predicted octanol–water partition coefficient (Wildman–Crippen LogP) is 3.23. The van der Waals surface area contributed by atoms with Crippen LogP contribution in [0.4, 0.5) is 0 Å². The normalized spacial score (nSPS) is 15.3. The van der Waals surface area contributed by atoms with E-state index < -0.39 is 0 Å². The average Bonchev–Trinajstić information content (AvgIpc) is 3.11. The molecular weight excluding hydrogens is 198 g/mol. The number of benzene rings is 1. The van der Waals surface area contributed by atoms with Crippen LogP contribution in [0.3, 0.4) is 0 Å². The maximum absolute atomic E-state index is 10.9. The number of hydrogen-bond donors (Lipinski definition) is 0. The van der Waals surface area contributed by atoms with Crippen molar-refractivity contribution in [3.05, 3.63) is 41.1 Å². The van der Waals surface area contributed by atoms with E-state index in [4.69, 9.17) is 0 Å². The number of aryl methyl sites for hydroxylation is 1. The Morgan fingerprint density at radius 1 is 1.38 bits per heavy atom. The minimum absolute atomic E-state index is 0.688. The van der Waals surface area contributed by atoms with Gasteiger partial charge in [0.05, 0.1) is 5.52 Å². The fourth-order valence-corrected chi connectivity index (χ4v) is 2.21. The number of hydrogen-bond acceptors (Lipinski definition) is 2. The largest absolute Gasteiger partial charge is 0.298 e. The van der Waals surface area contributed by atoms with Crippen LogP contribution in [0.25, 0.3) is 10.9 Å². The van der Waals surface area contributed by atoms with Crippen molar-refractivity contribution >= 4 is 17.2 Å². The highest BCUT2D eigenvalue weighted by Crippen LogP contribution is 2.42. The molecule has 1 aliphatic carbocycles. The highest BCUT2D eigenvalue weighted by molar-refractivity contribution is 5.90. The summed E-state index contributed by atoms with van der Waals surface area (Å²) in [5.74, 6) is 0.688. The van der Waals surface area contributed by atoms with Gasteiger partial charge in [-0.2, -0.15) is 0 Å². The molecule has 0 atom stereocenters. The summed E-state index contributed by atoms with van der Waals surface area (Å²) in [4.78, 5) is 15.3. The summed E-state index contributed by atoms with van der Waals surface area (Å²) in [7, 11) is 0. The Kier molecular flexibility index (Phi) is 2.03. The summed E-state index contributed by atoms with van der Waals surface area (Å²) >= 11 is 0. The summed E-state index contributed by atoms with van der Waals surface area (Å²) in [5.41, 5.74) is 4.14. The van der Waals surface area contributed by atoms with Crippen LogP contribution in [-0.2, 0) is 0 Å². The van der Waals surface area contributed by atoms with Crippen LogP contribution < -0.4 is 0 Å². The molecular formula is C14H13NO. The molecule has 0 spiro atoms. The maximum atomic E-state index is 10.9. The number of pyridine rings is 1. The van der Waals surface area contributed by atoms with Crippen LogP contribution in [0.2, 0.25) is 0 Å². The third kappa shape index (κ3) is 1.42. The van der Waals surface area contributed by atoms with Gasteiger partial charge in [0, 0.05) is 17.1 Å². The molecule has 3 rings (SSSR count). The molecule has 2 heteroatoms. The Bertz CT molecular complexity index is 570. The molecule has 0 N–H and O–H groups in total. The van der Waals surface area contributed by atoms with Crippen LogP contribution in [0, 0.1) is 6.92 Å². The van der Waals surface area contributed by atoms with Crippen molar-refractivity contribution in [1.82, 2.24) is 4.98 Å². The Labute approximate surface area is 94.3 Å². The van der Waals surface area contributed by atoms with Crippen LogP contribution >= 0.6 is 0 Å². The number of aldehydes is 1. The van der Waals surface area contributed by atoms with E-state index in [0.717, 1.165) is 28.3 Å². The van der Waals surface area contributed by atoms with Crippen LogP contribution in [0.15, 0.2) is 24.4 Å². The first kappa shape index (κ1) is 9.52. The molecule has 80 valence electrons. The van der Waals surface area contributed by atoms with E-state index in [1.165, 1.54) is 18.4 Å². The third-order valence-corrected chi connectivity index (χ3v) is 3.31. The zero-order valence-corrected chi connectivity index (χ0v) is 9.23. The van der Waals surface area contributed by atoms with Gasteiger partial charge in [0.1, 0.15) is 6.29 Å². The molecule has 1 saturated carbocycles. The molecule has 0 radical (unpaired) electrons. The van der Waals surface area contributed by atoms with Crippen molar-refractivity contribution in [2.75, 3.05) is 0 Å². The van der Waals surface area contributed by atoms with E-state index in [0.29, 0.717) is 5.92 Å². The van der Waals surface area contributed by atoms with Gasteiger partial charge in [0.25, 0.3) is 0 Å². The Balaban J connectivity index is 2.32. The number of carbonyl (C=O) groups is 1. The molecule has 0 bridgehead atoms. The number of aromatic nitrogens is 1. The SMILES string of the molecule is Cc1cc2nccc(C3CC3)c2cc1C=O. The highest BCUT2D eigenvalue weighted by Gasteiger charge is 2.25. The minimum atomic E-state index is 0.688. The number of rotatable bonds is 2. The number of nitrogens with zero attached hydrogens (tertiary/aromatic N) is 1. The van der Waals surface area contributed by atoms with Crippen molar-refractivity contribution in [1.29, 1.82) is 0 Å². The highest BCUT2D eigenvalue weighted by atomic mass is 16.1. The molecule has 1 fully saturated rings. The zero-order chi connectivity index (χ0) is 11.1. The second-order valence-electron chi connectivity index (χ2n) is 4.52. The standard InChI is InChI=1S/C14H13NO/c1-9-6-14-13(7-11(9)8-16)12(4-5-15-14)10-2-3-10/h4-8,10H,2-3H2,1H3. The van der Waals surface area contributed by atoms with Gasteiger partial charge in [-0.3, -0.25) is 9.78 Å². The predicted molar refractivity (Wildman–Crippen MR) is 63.8 cm³/mol. The molecule has 0 saturated heterocycles. The van der Waals surface area contributed by atoms with Crippen molar-refractivity contribution in [3.63, 3.8) is 0 Å². The van der Waals surface area contributed by atoms with E-state index in [2.05, 4.69) is 11.1 Å². The lowest BCUT2D eigenvalue weighted by atomic mass is 10.0. The molecule has 0 aliphatic heterocycles. The van der Waals surface area contributed by atoms with Gasteiger partial charge in [-0.15, -0.1) is 0 Å². The lowest BCUT2D eigenvalue weighted by Crippen LogP contribution is -1.92. The Hall–Kier alpha value is -1.70. The molecule has 1 aliphatic rings. The molecule has 0 unspecified atom stereocenters. The van der Waals surface area contributed by atoms with Gasteiger partial charge in [-0.1, -0.05) is 0 Å². The summed E-state index contributed by atoms with van der Waals surface area (Å²) in [6.07, 6.45) is 5.33. The van der Waals surface area contributed by atoms with E-state index >= 15 is 0 Å². The van der Waals surface area contributed by atoms with E-state index in [-0.39, 0.29) is 0 Å². The molecule has 1 heterocycles. The first-order valence-electron chi connectivity index (χ1n) is 5.64. The first-order chi connectivity index (χ1) is 7.79. The summed E-state index contributed by atoms with van der Waals surface area (Å²) in [6, 6.07) is 6.08. The fraction of sp³-hybridized carbons (Fsp3) is 0.286. The second-order valence-corrected chi connectivity index (χ2v) is 4.52. The Morgan fingerprint density at radius 2 is 2.19 bits per heavy atom. The van der Waals surface area contributed by atoms with E-state index in [1.807, 2.05) is 25.3 Å². The lowest BCUT2D eigenvalue weighted by molar-refractivity contribution is 0.112. The van der Waals surface area contributed by atoms with Crippen molar-refractivity contribution in [3.8, 4) is 0 Å². The van der Waals surface area contributed by atoms with Gasteiger partial charge in [0.2, 0.25) is 0 Å². The quantitative estimate of drug-likeness (QED) is 0.714. The molecule has 16 heavy (non-hydrogen) atoms. The molecule has 2 aromatic rings. The summed E-state index contributed by atoms with van der Waals surface area (Å²) < 4.78 is 0. The topological polar surface area (TPSA) is 30.0 Å². The van der Waals surface area contributed by atoms with Gasteiger partial charge in [-0.25, -0.2) is 0 Å². The first-order valence-corrected chi connectivity index (χ1v) is 5.64. The summed E-state index contributed by atoms with van der Waals surface area (Å²) in [5, 5.41) is 1.15. The van der Waals surface area contributed by atoms with Crippen LogP contribution in [0.5, 0.6) is 0 Å². The average molecular weight is 211 g/mol. The van der Waals surface area contributed by atoms with Crippen LogP contribution in [0.1, 0.15) is 40.2 Å². The third-order valence-electron chi connectivity index (χ3n) is 3.31. The summed E-state index contributed by atoms with van der Waals surface area (Å²) in [6.45, 7) is 1.95. The van der Waals surface area contributed by atoms with Crippen LogP contribution in [-0.4, -0.2) is 11.3 Å². The molecule has 2 nitrogen and oxygen atoms in total. The zero-order valence-electron chi connectivity index (χ0n) is 9.23.